The number of fused-ring (bicyclic) bond motifs is 1. The van der Waals surface area contributed by atoms with Crippen LogP contribution < -0.4 is 10.1 Å². The summed E-state index contributed by atoms with van der Waals surface area (Å²) < 4.78 is 6.07. The molecule has 1 N–H and O–H groups in total. The van der Waals surface area contributed by atoms with Gasteiger partial charge in [-0.05, 0) is 38.3 Å². The maximum Gasteiger partial charge on any atom is 0.130 e. The van der Waals surface area contributed by atoms with Crippen LogP contribution in [0.15, 0.2) is 30.3 Å². The third kappa shape index (κ3) is 3.10. The van der Waals surface area contributed by atoms with Crippen LogP contribution in [0.3, 0.4) is 0 Å². The molecule has 0 saturated heterocycles. The molecule has 106 valence electrons. The summed E-state index contributed by atoms with van der Waals surface area (Å²) in [7, 11) is 0. The van der Waals surface area contributed by atoms with Crippen molar-refractivity contribution in [2.45, 2.75) is 51.8 Å². The first kappa shape index (κ1) is 13.4. The van der Waals surface area contributed by atoms with E-state index in [1.54, 1.807) is 0 Å². The third-order valence-electron chi connectivity index (χ3n) is 3.78. The number of rotatable bonds is 6. The summed E-state index contributed by atoms with van der Waals surface area (Å²) in [4.78, 5) is 4.73. The molecule has 3 heteroatoms. The first-order chi connectivity index (χ1) is 9.76. The van der Waals surface area contributed by atoms with Crippen LogP contribution >= 0.6 is 0 Å². The fourth-order valence-electron chi connectivity index (χ4n) is 2.22. The molecule has 3 nitrogen and oxygen atoms in total. The van der Waals surface area contributed by atoms with Gasteiger partial charge >= 0.3 is 0 Å². The second kappa shape index (κ2) is 5.80. The van der Waals surface area contributed by atoms with E-state index in [0.717, 1.165) is 35.3 Å². The van der Waals surface area contributed by atoms with E-state index in [1.165, 1.54) is 12.8 Å². The number of para-hydroxylation sites is 1. The van der Waals surface area contributed by atoms with Crippen LogP contribution in [0.25, 0.3) is 10.9 Å². The van der Waals surface area contributed by atoms with Gasteiger partial charge in [-0.2, -0.15) is 0 Å². The van der Waals surface area contributed by atoms with Gasteiger partial charge in [0.1, 0.15) is 5.75 Å². The molecule has 0 bridgehead atoms. The molecule has 1 saturated carbocycles. The Balaban J connectivity index is 1.90. The fourth-order valence-corrected chi connectivity index (χ4v) is 2.22. The van der Waals surface area contributed by atoms with Crippen LogP contribution in [0, 0.1) is 0 Å². The second-order valence-corrected chi connectivity index (χ2v) is 5.62. The summed E-state index contributed by atoms with van der Waals surface area (Å²) in [5.74, 6) is 0.956. The quantitative estimate of drug-likeness (QED) is 0.869. The SMILES string of the molecule is CCC(C)Oc1cc(CNC2CC2)nc2ccccc12. The lowest BCUT2D eigenvalue weighted by Crippen LogP contribution is -2.17. The van der Waals surface area contributed by atoms with E-state index in [4.69, 9.17) is 9.72 Å². The molecule has 0 aliphatic heterocycles. The van der Waals surface area contributed by atoms with E-state index in [0.29, 0.717) is 6.04 Å². The molecule has 1 aliphatic carbocycles. The number of pyridine rings is 1. The lowest BCUT2D eigenvalue weighted by atomic mass is 10.1. The highest BCUT2D eigenvalue weighted by Crippen LogP contribution is 2.27. The van der Waals surface area contributed by atoms with Gasteiger partial charge in [0, 0.05) is 24.0 Å². The van der Waals surface area contributed by atoms with Crippen molar-refractivity contribution in [1.29, 1.82) is 0 Å². The number of hydrogen-bond acceptors (Lipinski definition) is 3. The molecule has 1 atom stereocenters. The van der Waals surface area contributed by atoms with E-state index in [1.807, 2.05) is 12.1 Å². The van der Waals surface area contributed by atoms with Gasteiger partial charge in [0.25, 0.3) is 0 Å². The van der Waals surface area contributed by atoms with Crippen molar-refractivity contribution >= 4 is 10.9 Å². The van der Waals surface area contributed by atoms with Gasteiger partial charge in [0.15, 0.2) is 0 Å². The molecule has 20 heavy (non-hydrogen) atoms. The summed E-state index contributed by atoms with van der Waals surface area (Å²) in [6.07, 6.45) is 3.82. The number of ether oxygens (including phenoxy) is 1. The normalized spacial score (nSPS) is 16.3. The molecular weight excluding hydrogens is 248 g/mol. The Hall–Kier alpha value is -1.61. The summed E-state index contributed by atoms with van der Waals surface area (Å²) in [5, 5.41) is 4.61. The fraction of sp³-hybridized carbons (Fsp3) is 0.471. The molecule has 0 amide bonds. The molecule has 0 radical (unpaired) electrons. The van der Waals surface area contributed by atoms with E-state index >= 15 is 0 Å². The predicted octanol–water partition coefficient (Wildman–Crippen LogP) is 3.66. The molecule has 1 aliphatic rings. The highest BCUT2D eigenvalue weighted by atomic mass is 16.5. The Kier molecular flexibility index (Phi) is 3.88. The van der Waals surface area contributed by atoms with Crippen molar-refractivity contribution in [2.24, 2.45) is 0 Å². The largest absolute Gasteiger partial charge is 0.490 e. The summed E-state index contributed by atoms with van der Waals surface area (Å²) in [6, 6.07) is 11.0. The van der Waals surface area contributed by atoms with Gasteiger partial charge in [-0.1, -0.05) is 19.1 Å². The maximum atomic E-state index is 6.07. The number of hydrogen-bond donors (Lipinski definition) is 1. The number of aromatic nitrogens is 1. The van der Waals surface area contributed by atoms with Crippen LogP contribution in [0.2, 0.25) is 0 Å². The zero-order valence-corrected chi connectivity index (χ0v) is 12.2. The van der Waals surface area contributed by atoms with Crippen molar-refractivity contribution in [3.05, 3.63) is 36.0 Å². The average molecular weight is 270 g/mol. The Bertz CT molecular complexity index is 593. The Labute approximate surface area is 120 Å². The molecule has 3 rings (SSSR count). The first-order valence-corrected chi connectivity index (χ1v) is 7.55. The molecule has 1 heterocycles. The first-order valence-electron chi connectivity index (χ1n) is 7.55. The zero-order valence-electron chi connectivity index (χ0n) is 12.2. The van der Waals surface area contributed by atoms with E-state index in [9.17, 15) is 0 Å². The van der Waals surface area contributed by atoms with E-state index in [-0.39, 0.29) is 6.10 Å². The van der Waals surface area contributed by atoms with Crippen LogP contribution in [0.1, 0.15) is 38.8 Å². The highest BCUT2D eigenvalue weighted by molar-refractivity contribution is 5.85. The molecule has 1 unspecified atom stereocenters. The van der Waals surface area contributed by atoms with Gasteiger partial charge in [0.2, 0.25) is 0 Å². The van der Waals surface area contributed by atoms with Crippen molar-refractivity contribution in [3.8, 4) is 5.75 Å². The van der Waals surface area contributed by atoms with Crippen molar-refractivity contribution in [1.82, 2.24) is 10.3 Å². The number of benzene rings is 1. The Morgan fingerprint density at radius 3 is 2.90 bits per heavy atom. The highest BCUT2D eigenvalue weighted by Gasteiger charge is 2.20. The summed E-state index contributed by atoms with van der Waals surface area (Å²) in [6.45, 7) is 5.08. The van der Waals surface area contributed by atoms with Gasteiger partial charge in [-0.15, -0.1) is 0 Å². The van der Waals surface area contributed by atoms with E-state index in [2.05, 4.69) is 37.4 Å². The van der Waals surface area contributed by atoms with Crippen LogP contribution in [0.5, 0.6) is 5.75 Å². The van der Waals surface area contributed by atoms with Crippen LogP contribution in [-0.4, -0.2) is 17.1 Å². The predicted molar refractivity (Wildman–Crippen MR) is 82.0 cm³/mol. The molecular formula is C17H22N2O. The average Bonchev–Trinajstić information content (AvgIpc) is 3.29. The van der Waals surface area contributed by atoms with Crippen LogP contribution in [-0.2, 0) is 6.54 Å². The topological polar surface area (TPSA) is 34.1 Å². The molecule has 1 aromatic heterocycles. The van der Waals surface area contributed by atoms with Crippen molar-refractivity contribution in [3.63, 3.8) is 0 Å². The lowest BCUT2D eigenvalue weighted by Gasteiger charge is -2.16. The standard InChI is InChI=1S/C17H22N2O/c1-3-12(2)20-17-10-14(11-18-13-8-9-13)19-16-7-5-4-6-15(16)17/h4-7,10,12-13,18H,3,8-9,11H2,1-2H3. The van der Waals surface area contributed by atoms with Crippen molar-refractivity contribution < 1.29 is 4.74 Å². The maximum absolute atomic E-state index is 6.07. The summed E-state index contributed by atoms with van der Waals surface area (Å²) >= 11 is 0. The van der Waals surface area contributed by atoms with Gasteiger partial charge in [0.05, 0.1) is 17.3 Å². The zero-order chi connectivity index (χ0) is 13.9. The minimum atomic E-state index is 0.227. The smallest absolute Gasteiger partial charge is 0.130 e. The molecule has 0 spiro atoms. The summed E-state index contributed by atoms with van der Waals surface area (Å²) in [5.41, 5.74) is 2.08. The molecule has 1 aromatic carbocycles. The minimum absolute atomic E-state index is 0.227. The van der Waals surface area contributed by atoms with Gasteiger partial charge in [-0.3, -0.25) is 4.98 Å². The Morgan fingerprint density at radius 1 is 1.35 bits per heavy atom. The van der Waals surface area contributed by atoms with Gasteiger partial charge in [-0.25, -0.2) is 0 Å². The molecule has 2 aromatic rings. The lowest BCUT2D eigenvalue weighted by molar-refractivity contribution is 0.220. The minimum Gasteiger partial charge on any atom is -0.490 e. The van der Waals surface area contributed by atoms with E-state index < -0.39 is 0 Å². The van der Waals surface area contributed by atoms with Crippen LogP contribution in [0.4, 0.5) is 0 Å². The monoisotopic (exact) mass is 270 g/mol. The van der Waals surface area contributed by atoms with Crippen molar-refractivity contribution in [2.75, 3.05) is 0 Å². The number of nitrogens with one attached hydrogen (secondary N) is 1. The third-order valence-corrected chi connectivity index (χ3v) is 3.78. The molecule has 1 fully saturated rings. The number of nitrogens with zero attached hydrogens (tertiary/aromatic N) is 1. The van der Waals surface area contributed by atoms with Gasteiger partial charge < -0.3 is 10.1 Å². The second-order valence-electron chi connectivity index (χ2n) is 5.62. The Morgan fingerprint density at radius 2 is 2.15 bits per heavy atom.